The zero-order valence-electron chi connectivity index (χ0n) is 14.3. The van der Waals surface area contributed by atoms with Crippen molar-refractivity contribution in [1.29, 1.82) is 0 Å². The van der Waals surface area contributed by atoms with Crippen LogP contribution in [-0.4, -0.2) is 37.4 Å². The number of hydrogen-bond donors (Lipinski definition) is 0. The van der Waals surface area contributed by atoms with Crippen molar-refractivity contribution < 1.29 is 9.21 Å². The van der Waals surface area contributed by atoms with Gasteiger partial charge >= 0.3 is 0 Å². The van der Waals surface area contributed by atoms with E-state index in [0.717, 1.165) is 25.3 Å². The summed E-state index contributed by atoms with van der Waals surface area (Å²) < 4.78 is 7.18. The van der Waals surface area contributed by atoms with Crippen molar-refractivity contribution in [3.05, 3.63) is 65.4 Å². The first-order valence-corrected chi connectivity index (χ1v) is 9.57. The molecule has 0 fully saturated rings. The van der Waals surface area contributed by atoms with Crippen LogP contribution >= 0.6 is 11.8 Å². The van der Waals surface area contributed by atoms with E-state index in [1.165, 1.54) is 27.6 Å². The Morgan fingerprint density at radius 2 is 2.08 bits per heavy atom. The second kappa shape index (κ2) is 6.10. The molecule has 7 heteroatoms. The van der Waals surface area contributed by atoms with Crippen molar-refractivity contribution in [2.75, 3.05) is 6.54 Å². The fourth-order valence-electron chi connectivity index (χ4n) is 3.83. The van der Waals surface area contributed by atoms with Gasteiger partial charge in [-0.2, -0.15) is 4.68 Å². The molecule has 6 nitrogen and oxygen atoms in total. The van der Waals surface area contributed by atoms with E-state index in [0.29, 0.717) is 11.0 Å². The molecule has 0 N–H and O–H groups in total. The van der Waals surface area contributed by atoms with Crippen molar-refractivity contribution in [3.8, 4) is 0 Å². The highest BCUT2D eigenvalue weighted by Crippen LogP contribution is 2.42. The minimum absolute atomic E-state index is 0.0224. The van der Waals surface area contributed by atoms with Gasteiger partial charge in [-0.05, 0) is 36.6 Å². The van der Waals surface area contributed by atoms with Crippen molar-refractivity contribution in [3.63, 3.8) is 0 Å². The van der Waals surface area contributed by atoms with E-state index < -0.39 is 0 Å². The van der Waals surface area contributed by atoms with E-state index >= 15 is 0 Å². The molecule has 0 aliphatic carbocycles. The average molecular weight is 366 g/mol. The number of fused-ring (bicyclic) bond motifs is 2. The lowest BCUT2D eigenvalue weighted by Gasteiger charge is -2.36. The molecule has 3 aromatic rings. The Labute approximate surface area is 155 Å². The second-order valence-electron chi connectivity index (χ2n) is 6.68. The van der Waals surface area contributed by atoms with Gasteiger partial charge in [-0.25, -0.2) is 4.98 Å². The van der Waals surface area contributed by atoms with E-state index in [1.54, 1.807) is 13.2 Å². The minimum atomic E-state index is -0.304. The fraction of sp³-hybridized carbons (Fsp3) is 0.316. The molecule has 0 amide bonds. The third-order valence-corrected chi connectivity index (χ3v) is 6.23. The number of aryl methyl sites for hydroxylation is 1. The molecular weight excluding hydrogens is 348 g/mol. The van der Waals surface area contributed by atoms with E-state index in [-0.39, 0.29) is 17.2 Å². The van der Waals surface area contributed by atoms with Gasteiger partial charge in [-0.1, -0.05) is 36.0 Å². The summed E-state index contributed by atoms with van der Waals surface area (Å²) in [6, 6.07) is 12.2. The summed E-state index contributed by atoms with van der Waals surface area (Å²) in [6.45, 7) is 3.50. The third kappa shape index (κ3) is 2.50. The predicted molar refractivity (Wildman–Crippen MR) is 97.0 cm³/mol. The van der Waals surface area contributed by atoms with E-state index in [2.05, 4.69) is 39.2 Å². The van der Waals surface area contributed by atoms with E-state index in [9.17, 15) is 4.79 Å². The summed E-state index contributed by atoms with van der Waals surface area (Å²) in [5.41, 5.74) is 2.70. The Hall–Kier alpha value is -2.38. The van der Waals surface area contributed by atoms with Crippen molar-refractivity contribution in [2.45, 2.75) is 36.3 Å². The number of thioether (sulfide) groups is 1. The van der Waals surface area contributed by atoms with E-state index in [1.807, 2.05) is 12.1 Å². The number of nitrogens with zero attached hydrogens (tertiary/aromatic N) is 4. The van der Waals surface area contributed by atoms with Gasteiger partial charge in [0.05, 0.1) is 12.3 Å². The molecule has 2 aliphatic rings. The van der Waals surface area contributed by atoms with Crippen LogP contribution in [0.4, 0.5) is 0 Å². The summed E-state index contributed by atoms with van der Waals surface area (Å²) in [5.74, 6) is 1.42. The Bertz CT molecular complexity index is 966. The van der Waals surface area contributed by atoms with Crippen LogP contribution in [0.25, 0.3) is 0 Å². The van der Waals surface area contributed by atoms with Crippen LogP contribution in [0, 0.1) is 6.92 Å². The zero-order valence-corrected chi connectivity index (χ0v) is 15.1. The number of carbonyl (C=O) groups excluding carboxylic acids is 1. The first kappa shape index (κ1) is 15.8. The Balaban J connectivity index is 1.50. The Kier molecular flexibility index (Phi) is 3.72. The maximum Gasteiger partial charge on any atom is 0.265 e. The van der Waals surface area contributed by atoms with Crippen LogP contribution in [0.5, 0.6) is 0 Å². The third-order valence-electron chi connectivity index (χ3n) is 5.04. The molecule has 26 heavy (non-hydrogen) atoms. The van der Waals surface area contributed by atoms with Crippen LogP contribution in [-0.2, 0) is 13.0 Å². The van der Waals surface area contributed by atoms with Gasteiger partial charge in [0.15, 0.2) is 5.16 Å². The normalized spacial score (nSPS) is 20.8. The second-order valence-corrected chi connectivity index (χ2v) is 7.79. The van der Waals surface area contributed by atoms with Crippen molar-refractivity contribution >= 4 is 17.7 Å². The topological polar surface area (TPSA) is 64.2 Å². The molecular formula is C19H18N4O2S. The summed E-state index contributed by atoms with van der Waals surface area (Å²) in [7, 11) is 0. The van der Waals surface area contributed by atoms with Crippen LogP contribution in [0.3, 0.4) is 0 Å². The maximum atomic E-state index is 13.0. The highest BCUT2D eigenvalue weighted by molar-refractivity contribution is 8.00. The molecule has 1 aromatic carbocycles. The summed E-state index contributed by atoms with van der Waals surface area (Å²) in [4.78, 5) is 19.7. The Morgan fingerprint density at radius 3 is 2.85 bits per heavy atom. The first-order chi connectivity index (χ1) is 12.7. The van der Waals surface area contributed by atoms with E-state index in [4.69, 9.17) is 4.42 Å². The standard InChI is InChI=1S/C19H18N4O2S/c1-12-20-19-23(21-12)18(24)17(26-19)16(15-7-4-10-25-15)22-9-8-13-5-2-3-6-14(13)11-22/h2-7,10,16-17H,8-9,11H2,1H3. The van der Waals surface area contributed by atoms with Gasteiger partial charge in [0.2, 0.25) is 0 Å². The number of furan rings is 1. The molecule has 0 saturated carbocycles. The lowest BCUT2D eigenvalue weighted by Crippen LogP contribution is -2.41. The first-order valence-electron chi connectivity index (χ1n) is 8.69. The molecule has 2 aromatic heterocycles. The van der Waals surface area contributed by atoms with Gasteiger partial charge in [-0.15, -0.1) is 5.10 Å². The molecule has 0 spiro atoms. The SMILES string of the molecule is Cc1nc2n(n1)C(=O)C(C(c1ccco1)N1CCc3ccccc3C1)S2. The predicted octanol–water partition coefficient (Wildman–Crippen LogP) is 3.09. The number of benzene rings is 1. The Morgan fingerprint density at radius 1 is 1.23 bits per heavy atom. The molecule has 0 saturated heterocycles. The molecule has 0 radical (unpaired) electrons. The smallest absolute Gasteiger partial charge is 0.265 e. The highest BCUT2D eigenvalue weighted by Gasteiger charge is 2.44. The summed E-state index contributed by atoms with van der Waals surface area (Å²) in [5, 5.41) is 4.62. The van der Waals surface area contributed by atoms with Crippen LogP contribution in [0.15, 0.2) is 52.2 Å². The van der Waals surface area contributed by atoms with Crippen LogP contribution in [0.2, 0.25) is 0 Å². The van der Waals surface area contributed by atoms with Crippen LogP contribution < -0.4 is 0 Å². The highest BCUT2D eigenvalue weighted by atomic mass is 32.2. The number of carbonyl (C=O) groups is 1. The lowest BCUT2D eigenvalue weighted by atomic mass is 9.97. The largest absolute Gasteiger partial charge is 0.468 e. The fourth-order valence-corrected chi connectivity index (χ4v) is 5.11. The molecule has 132 valence electrons. The zero-order chi connectivity index (χ0) is 17.7. The molecule has 4 heterocycles. The average Bonchev–Trinajstić information content (AvgIpc) is 3.36. The molecule has 0 bridgehead atoms. The number of rotatable bonds is 3. The molecule has 2 atom stereocenters. The summed E-state index contributed by atoms with van der Waals surface area (Å²) >= 11 is 1.48. The number of hydrogen-bond acceptors (Lipinski definition) is 6. The maximum absolute atomic E-state index is 13.0. The lowest BCUT2D eigenvalue weighted by molar-refractivity contribution is 0.0805. The van der Waals surface area contributed by atoms with Crippen molar-refractivity contribution in [1.82, 2.24) is 19.7 Å². The van der Waals surface area contributed by atoms with Crippen LogP contribution in [0.1, 0.15) is 33.5 Å². The minimum Gasteiger partial charge on any atom is -0.468 e. The van der Waals surface area contributed by atoms with Gasteiger partial charge in [-0.3, -0.25) is 9.69 Å². The van der Waals surface area contributed by atoms with Gasteiger partial charge < -0.3 is 4.42 Å². The van der Waals surface area contributed by atoms with Crippen molar-refractivity contribution in [2.24, 2.45) is 0 Å². The summed E-state index contributed by atoms with van der Waals surface area (Å²) in [6.07, 6.45) is 2.64. The molecule has 2 aliphatic heterocycles. The van der Waals surface area contributed by atoms with Gasteiger partial charge in [0.1, 0.15) is 16.8 Å². The van der Waals surface area contributed by atoms with Gasteiger partial charge in [0.25, 0.3) is 5.91 Å². The number of aromatic nitrogens is 3. The van der Waals surface area contributed by atoms with Gasteiger partial charge in [0, 0.05) is 13.1 Å². The quantitative estimate of drug-likeness (QED) is 0.710. The monoisotopic (exact) mass is 366 g/mol. The molecule has 2 unspecified atom stereocenters. The molecule has 5 rings (SSSR count).